The van der Waals surface area contributed by atoms with Crippen molar-refractivity contribution in [3.05, 3.63) is 45.5 Å². The van der Waals surface area contributed by atoms with Crippen LogP contribution in [-0.2, 0) is 0 Å². The molecule has 2 rings (SSSR count). The fourth-order valence-electron chi connectivity index (χ4n) is 2.32. The van der Waals surface area contributed by atoms with E-state index in [-0.39, 0.29) is 0 Å². The maximum Gasteiger partial charge on any atom is 0.489 e. The summed E-state index contributed by atoms with van der Waals surface area (Å²) in [5.74, 6) is -5.43. The van der Waals surface area contributed by atoms with Gasteiger partial charge in [-0.25, -0.2) is 14.0 Å². The van der Waals surface area contributed by atoms with Crippen molar-refractivity contribution < 1.29 is 34.2 Å². The molecule has 0 atom stereocenters. The summed E-state index contributed by atoms with van der Waals surface area (Å²) in [5, 5.41) is 37.2. The van der Waals surface area contributed by atoms with E-state index in [1.165, 1.54) is 0 Å². The van der Waals surface area contributed by atoms with E-state index in [4.69, 9.17) is 5.73 Å². The highest BCUT2D eigenvalue weighted by Crippen LogP contribution is 2.30. The highest BCUT2D eigenvalue weighted by molar-refractivity contribution is 6.60. The van der Waals surface area contributed by atoms with E-state index in [1.54, 1.807) is 0 Å². The number of aromatic amines is 1. The molecule has 0 spiro atoms. The van der Waals surface area contributed by atoms with Crippen LogP contribution in [0.1, 0.15) is 20.7 Å². The van der Waals surface area contributed by atoms with E-state index in [2.05, 4.69) is 0 Å². The number of pyridine rings is 1. The third-order valence-electron chi connectivity index (χ3n) is 3.25. The molecule has 0 aliphatic carbocycles. The van der Waals surface area contributed by atoms with Gasteiger partial charge in [0.2, 0.25) is 0 Å². The summed E-state index contributed by atoms with van der Waals surface area (Å²) in [6.45, 7) is 0. The summed E-state index contributed by atoms with van der Waals surface area (Å²) in [7, 11) is -2.25. The van der Waals surface area contributed by atoms with Crippen LogP contribution < -0.4 is 16.8 Å². The smallest absolute Gasteiger partial charge is 0.478 e. The number of halogens is 1. The van der Waals surface area contributed by atoms with Crippen molar-refractivity contribution in [2.24, 2.45) is 0 Å². The molecule has 0 aliphatic heterocycles. The molecule has 2 aromatic rings. The molecule has 24 heavy (non-hydrogen) atoms. The minimum atomic E-state index is -2.25. The molecule has 7 N–H and O–H groups in total. The molecule has 0 saturated carbocycles. The lowest BCUT2D eigenvalue weighted by atomic mass is 9.74. The molecule has 1 heterocycles. The van der Waals surface area contributed by atoms with Crippen LogP contribution in [0.3, 0.4) is 0 Å². The van der Waals surface area contributed by atoms with Crippen LogP contribution in [0.4, 0.5) is 10.2 Å². The van der Waals surface area contributed by atoms with Crippen LogP contribution in [0, 0.1) is 5.82 Å². The number of carbonyl (C=O) groups is 2. The summed E-state index contributed by atoms with van der Waals surface area (Å²) in [6, 6.07) is 2.98. The van der Waals surface area contributed by atoms with Gasteiger partial charge in [-0.1, -0.05) is 12.1 Å². The largest absolute Gasteiger partial charge is 0.489 e. The average molecular weight is 336 g/mol. The standard InChI is InChI=1S/C13H10BFN2O7/c15-5-3-1-2-4(14(23)24)6(5)7-8(12(19)20)10(16)17-11(18)9(7)13(21)22/h1-3,23-24H,(H,19,20)(H,21,22)(H3,16,17,18). The zero-order chi connectivity index (χ0) is 18.2. The fourth-order valence-corrected chi connectivity index (χ4v) is 2.32. The van der Waals surface area contributed by atoms with Gasteiger partial charge in [-0.05, 0) is 11.5 Å². The van der Waals surface area contributed by atoms with Crippen molar-refractivity contribution >= 4 is 30.3 Å². The maximum atomic E-state index is 14.3. The Morgan fingerprint density at radius 2 is 1.67 bits per heavy atom. The van der Waals surface area contributed by atoms with Gasteiger partial charge in [0, 0.05) is 11.1 Å². The van der Waals surface area contributed by atoms with Gasteiger partial charge in [-0.2, -0.15) is 0 Å². The van der Waals surface area contributed by atoms with Gasteiger partial charge >= 0.3 is 19.1 Å². The first kappa shape index (κ1) is 17.2. The Labute approximate surface area is 132 Å². The molecule has 124 valence electrons. The van der Waals surface area contributed by atoms with Gasteiger partial charge in [-0.3, -0.25) is 4.79 Å². The van der Waals surface area contributed by atoms with Crippen molar-refractivity contribution in [2.45, 2.75) is 0 Å². The lowest BCUT2D eigenvalue weighted by Gasteiger charge is -2.16. The number of nitrogens with one attached hydrogen (secondary N) is 1. The van der Waals surface area contributed by atoms with Crippen LogP contribution in [-0.4, -0.2) is 44.3 Å². The predicted molar refractivity (Wildman–Crippen MR) is 80.6 cm³/mol. The van der Waals surface area contributed by atoms with Crippen LogP contribution in [0.2, 0.25) is 0 Å². The Bertz CT molecular complexity index is 910. The van der Waals surface area contributed by atoms with Crippen molar-refractivity contribution in [2.75, 3.05) is 5.73 Å². The highest BCUT2D eigenvalue weighted by atomic mass is 19.1. The minimum absolute atomic E-state index is 0.523. The van der Waals surface area contributed by atoms with Gasteiger partial charge in [0.15, 0.2) is 0 Å². The Morgan fingerprint density at radius 3 is 2.17 bits per heavy atom. The Balaban J connectivity index is 3.12. The third kappa shape index (κ3) is 2.73. The molecule has 0 aliphatic rings. The second-order valence-corrected chi connectivity index (χ2v) is 4.68. The maximum absolute atomic E-state index is 14.3. The van der Waals surface area contributed by atoms with Crippen LogP contribution >= 0.6 is 0 Å². The lowest BCUT2D eigenvalue weighted by molar-refractivity contribution is 0.0695. The molecule has 0 fully saturated rings. The molecule has 0 amide bonds. The van der Waals surface area contributed by atoms with E-state index >= 15 is 0 Å². The quantitative estimate of drug-likeness (QED) is 0.379. The van der Waals surface area contributed by atoms with Crippen molar-refractivity contribution in [1.29, 1.82) is 0 Å². The number of nitrogen functional groups attached to an aromatic ring is 1. The number of aromatic nitrogens is 1. The summed E-state index contributed by atoms with van der Waals surface area (Å²) in [4.78, 5) is 36.6. The van der Waals surface area contributed by atoms with E-state index < -0.39 is 64.0 Å². The number of carboxylic acids is 2. The zero-order valence-corrected chi connectivity index (χ0v) is 11.8. The normalized spacial score (nSPS) is 10.5. The van der Waals surface area contributed by atoms with Crippen LogP contribution in [0.15, 0.2) is 23.0 Å². The molecule has 1 aromatic carbocycles. The summed E-state index contributed by atoms with van der Waals surface area (Å²) < 4.78 is 14.3. The number of benzene rings is 1. The number of carboxylic acid groups (broad SMARTS) is 2. The van der Waals surface area contributed by atoms with Gasteiger partial charge in [-0.15, -0.1) is 0 Å². The SMILES string of the molecule is Nc1[nH]c(=O)c(C(=O)O)c(-c2c(F)cccc2B(O)O)c1C(=O)O. The van der Waals surface area contributed by atoms with Gasteiger partial charge in [0.05, 0.1) is 0 Å². The number of hydrogen-bond donors (Lipinski definition) is 6. The van der Waals surface area contributed by atoms with Gasteiger partial charge < -0.3 is 31.0 Å². The fraction of sp³-hybridized carbons (Fsp3) is 0. The van der Waals surface area contributed by atoms with Crippen molar-refractivity contribution in [1.82, 2.24) is 4.98 Å². The number of H-pyrrole nitrogens is 1. The first-order valence-corrected chi connectivity index (χ1v) is 6.34. The second kappa shape index (κ2) is 6.14. The minimum Gasteiger partial charge on any atom is -0.478 e. The molecule has 11 heteroatoms. The van der Waals surface area contributed by atoms with Gasteiger partial charge in [0.25, 0.3) is 5.56 Å². The molecular formula is C13H10BFN2O7. The topological polar surface area (TPSA) is 174 Å². The van der Waals surface area contributed by atoms with Crippen LogP contribution in [0.25, 0.3) is 11.1 Å². The van der Waals surface area contributed by atoms with E-state index in [0.717, 1.165) is 18.2 Å². The van der Waals surface area contributed by atoms with E-state index in [9.17, 15) is 39.0 Å². The first-order chi connectivity index (χ1) is 11.2. The third-order valence-corrected chi connectivity index (χ3v) is 3.25. The Kier molecular flexibility index (Phi) is 4.40. The van der Waals surface area contributed by atoms with E-state index in [1.807, 2.05) is 4.98 Å². The van der Waals surface area contributed by atoms with E-state index in [0.29, 0.717) is 0 Å². The summed E-state index contributed by atoms with van der Waals surface area (Å²) >= 11 is 0. The number of rotatable bonds is 4. The lowest BCUT2D eigenvalue weighted by Crippen LogP contribution is -2.34. The second-order valence-electron chi connectivity index (χ2n) is 4.68. The number of anilines is 1. The van der Waals surface area contributed by atoms with Crippen molar-refractivity contribution in [3.63, 3.8) is 0 Å². The molecule has 1 aromatic heterocycles. The number of hydrogen-bond acceptors (Lipinski definition) is 6. The van der Waals surface area contributed by atoms with Crippen molar-refractivity contribution in [3.8, 4) is 11.1 Å². The first-order valence-electron chi connectivity index (χ1n) is 6.34. The average Bonchev–Trinajstić information content (AvgIpc) is 2.44. The molecule has 0 saturated heterocycles. The molecule has 0 unspecified atom stereocenters. The summed E-state index contributed by atoms with van der Waals surface area (Å²) in [5.41, 5.74) is 0.0788. The number of aromatic carboxylic acids is 2. The highest BCUT2D eigenvalue weighted by Gasteiger charge is 2.31. The monoisotopic (exact) mass is 336 g/mol. The molecule has 9 nitrogen and oxygen atoms in total. The number of nitrogens with two attached hydrogens (primary N) is 1. The summed E-state index contributed by atoms with van der Waals surface area (Å²) in [6.07, 6.45) is 0. The zero-order valence-electron chi connectivity index (χ0n) is 11.8. The Hall–Kier alpha value is -3.18. The Morgan fingerprint density at radius 1 is 1.08 bits per heavy atom. The van der Waals surface area contributed by atoms with Crippen LogP contribution in [0.5, 0.6) is 0 Å². The molecular weight excluding hydrogens is 326 g/mol. The van der Waals surface area contributed by atoms with Gasteiger partial charge in [0.1, 0.15) is 22.8 Å². The predicted octanol–water partition coefficient (Wildman–Crippen LogP) is -1.16. The molecule has 0 bridgehead atoms. The molecule has 0 radical (unpaired) electrons.